The first kappa shape index (κ1) is 14.1. The van der Waals surface area contributed by atoms with Crippen molar-refractivity contribution >= 4 is 21.4 Å². The molecule has 0 spiro atoms. The Balaban J connectivity index is 2.41. The number of sulfonamides is 1. The minimum atomic E-state index is -3.70. The van der Waals surface area contributed by atoms with Gasteiger partial charge in [-0.3, -0.25) is 0 Å². The van der Waals surface area contributed by atoms with E-state index in [0.29, 0.717) is 17.8 Å². The van der Waals surface area contributed by atoms with Crippen LogP contribution in [0.25, 0.3) is 0 Å². The second-order valence-electron chi connectivity index (χ2n) is 5.16. The molecule has 2 atom stereocenters. The molecule has 0 saturated carbocycles. The fourth-order valence-electron chi connectivity index (χ4n) is 2.85. The third kappa shape index (κ3) is 2.69. The van der Waals surface area contributed by atoms with Gasteiger partial charge in [-0.25, -0.2) is 13.6 Å². The van der Waals surface area contributed by atoms with Crippen molar-refractivity contribution in [2.24, 2.45) is 5.14 Å². The van der Waals surface area contributed by atoms with Gasteiger partial charge < -0.3 is 10.6 Å². The van der Waals surface area contributed by atoms with Crippen molar-refractivity contribution in [1.29, 1.82) is 0 Å². The van der Waals surface area contributed by atoms with Crippen LogP contribution in [0.5, 0.6) is 0 Å². The Morgan fingerprint density at radius 3 is 2.58 bits per heavy atom. The normalized spacial score (nSPS) is 23.8. The first-order chi connectivity index (χ1) is 8.84. The van der Waals surface area contributed by atoms with Crippen LogP contribution in [0.4, 0.5) is 11.4 Å². The second-order valence-corrected chi connectivity index (χ2v) is 6.72. The van der Waals surface area contributed by atoms with Crippen LogP contribution in [0.15, 0.2) is 23.1 Å². The average Bonchev–Trinajstić information content (AvgIpc) is 2.69. The lowest BCUT2D eigenvalue weighted by atomic mass is 10.1. The van der Waals surface area contributed by atoms with Crippen molar-refractivity contribution in [2.45, 2.75) is 50.1 Å². The van der Waals surface area contributed by atoms with Crippen molar-refractivity contribution in [1.82, 2.24) is 0 Å². The molecule has 106 valence electrons. The Labute approximate surface area is 114 Å². The highest BCUT2D eigenvalue weighted by molar-refractivity contribution is 7.89. The largest absolute Gasteiger partial charge is 0.397 e. The number of benzene rings is 1. The van der Waals surface area contributed by atoms with E-state index >= 15 is 0 Å². The Bertz CT molecular complexity index is 571. The molecule has 2 rings (SSSR count). The number of nitrogens with zero attached hydrogens (tertiary/aromatic N) is 1. The molecule has 0 aliphatic carbocycles. The summed E-state index contributed by atoms with van der Waals surface area (Å²) < 4.78 is 22.6. The third-order valence-corrected chi connectivity index (χ3v) is 4.77. The zero-order valence-electron chi connectivity index (χ0n) is 11.3. The molecule has 0 bridgehead atoms. The van der Waals surface area contributed by atoms with Gasteiger partial charge in [-0.05, 0) is 44.4 Å². The van der Waals surface area contributed by atoms with Crippen LogP contribution < -0.4 is 15.8 Å². The molecule has 1 aromatic rings. The van der Waals surface area contributed by atoms with Crippen molar-refractivity contribution in [3.8, 4) is 0 Å². The van der Waals surface area contributed by atoms with Crippen LogP contribution in [0.1, 0.15) is 33.1 Å². The van der Waals surface area contributed by atoms with Gasteiger partial charge in [0.1, 0.15) is 0 Å². The Kier molecular flexibility index (Phi) is 3.73. The SMILES string of the molecule is CCC1CCC(C)N1c1ccc(S(N)(=O)=O)cc1N. The van der Waals surface area contributed by atoms with E-state index in [4.69, 9.17) is 10.9 Å². The zero-order valence-corrected chi connectivity index (χ0v) is 12.2. The Morgan fingerprint density at radius 1 is 1.37 bits per heavy atom. The number of anilines is 2. The van der Waals surface area contributed by atoms with Gasteiger partial charge in [0.2, 0.25) is 10.0 Å². The summed E-state index contributed by atoms with van der Waals surface area (Å²) >= 11 is 0. The quantitative estimate of drug-likeness (QED) is 0.826. The monoisotopic (exact) mass is 283 g/mol. The van der Waals surface area contributed by atoms with E-state index in [1.165, 1.54) is 12.1 Å². The average molecular weight is 283 g/mol. The van der Waals surface area contributed by atoms with Crippen molar-refractivity contribution in [3.63, 3.8) is 0 Å². The predicted molar refractivity (Wildman–Crippen MR) is 77.5 cm³/mol. The van der Waals surface area contributed by atoms with Crippen LogP contribution in [-0.2, 0) is 10.0 Å². The minimum absolute atomic E-state index is 0.0636. The topological polar surface area (TPSA) is 89.4 Å². The summed E-state index contributed by atoms with van der Waals surface area (Å²) in [6.45, 7) is 4.33. The molecule has 0 radical (unpaired) electrons. The molecule has 0 aromatic heterocycles. The predicted octanol–water partition coefficient (Wildman–Crippen LogP) is 1.68. The molecule has 1 aromatic carbocycles. The maximum atomic E-state index is 11.3. The van der Waals surface area contributed by atoms with Gasteiger partial charge in [-0.15, -0.1) is 0 Å². The maximum Gasteiger partial charge on any atom is 0.238 e. The second kappa shape index (κ2) is 5.02. The fraction of sp³-hybridized carbons (Fsp3) is 0.538. The van der Waals surface area contributed by atoms with Crippen LogP contribution in [0.2, 0.25) is 0 Å². The highest BCUT2D eigenvalue weighted by Crippen LogP contribution is 2.36. The minimum Gasteiger partial charge on any atom is -0.397 e. The number of nitrogens with two attached hydrogens (primary N) is 2. The van der Waals surface area contributed by atoms with Gasteiger partial charge in [0.05, 0.1) is 16.3 Å². The number of hydrogen-bond donors (Lipinski definition) is 2. The van der Waals surface area contributed by atoms with E-state index in [-0.39, 0.29) is 4.90 Å². The molecule has 1 fully saturated rings. The third-order valence-electron chi connectivity index (χ3n) is 3.86. The Morgan fingerprint density at radius 2 is 2.05 bits per heavy atom. The van der Waals surface area contributed by atoms with E-state index in [0.717, 1.165) is 24.9 Å². The molecule has 19 heavy (non-hydrogen) atoms. The first-order valence-electron chi connectivity index (χ1n) is 6.55. The summed E-state index contributed by atoms with van der Waals surface area (Å²) in [5.74, 6) is 0. The van der Waals surface area contributed by atoms with E-state index in [9.17, 15) is 8.42 Å². The summed E-state index contributed by atoms with van der Waals surface area (Å²) in [6.07, 6.45) is 3.34. The summed E-state index contributed by atoms with van der Waals surface area (Å²) in [6, 6.07) is 5.63. The molecule has 1 heterocycles. The van der Waals surface area contributed by atoms with Gasteiger partial charge in [0.15, 0.2) is 0 Å². The highest BCUT2D eigenvalue weighted by atomic mass is 32.2. The molecule has 2 unspecified atom stereocenters. The standard InChI is InChI=1S/C13H21N3O2S/c1-3-10-5-4-9(2)16(10)13-7-6-11(8-12(13)14)19(15,17)18/h6-10H,3-5,14H2,1-2H3,(H2,15,17,18). The molecule has 5 nitrogen and oxygen atoms in total. The lowest BCUT2D eigenvalue weighted by Crippen LogP contribution is -2.34. The number of hydrogen-bond acceptors (Lipinski definition) is 4. The van der Waals surface area contributed by atoms with Gasteiger partial charge in [0.25, 0.3) is 0 Å². The zero-order chi connectivity index (χ0) is 14.2. The molecule has 0 amide bonds. The summed E-state index contributed by atoms with van der Waals surface area (Å²) in [4.78, 5) is 2.36. The van der Waals surface area contributed by atoms with Crippen LogP contribution >= 0.6 is 0 Å². The van der Waals surface area contributed by atoms with Gasteiger partial charge in [-0.2, -0.15) is 0 Å². The Hall–Kier alpha value is -1.27. The molecule has 6 heteroatoms. The molecule has 1 saturated heterocycles. The van der Waals surface area contributed by atoms with E-state index in [2.05, 4.69) is 18.7 Å². The van der Waals surface area contributed by atoms with Gasteiger partial charge in [0, 0.05) is 12.1 Å². The first-order valence-corrected chi connectivity index (χ1v) is 8.10. The fourth-order valence-corrected chi connectivity index (χ4v) is 3.40. The summed E-state index contributed by atoms with van der Waals surface area (Å²) in [5.41, 5.74) is 7.39. The van der Waals surface area contributed by atoms with Crippen LogP contribution in [-0.4, -0.2) is 20.5 Å². The smallest absolute Gasteiger partial charge is 0.238 e. The van der Waals surface area contributed by atoms with E-state index in [1.54, 1.807) is 6.07 Å². The summed E-state index contributed by atoms with van der Waals surface area (Å²) in [7, 11) is -3.70. The lowest BCUT2D eigenvalue weighted by molar-refractivity contribution is 0.597. The van der Waals surface area contributed by atoms with E-state index < -0.39 is 10.0 Å². The van der Waals surface area contributed by atoms with Crippen LogP contribution in [0, 0.1) is 0 Å². The van der Waals surface area contributed by atoms with Crippen molar-refractivity contribution in [3.05, 3.63) is 18.2 Å². The molecule has 4 N–H and O–H groups in total. The summed E-state index contributed by atoms with van der Waals surface area (Å²) in [5, 5.41) is 5.11. The maximum absolute atomic E-state index is 11.3. The van der Waals surface area contributed by atoms with E-state index in [1.807, 2.05) is 0 Å². The highest BCUT2D eigenvalue weighted by Gasteiger charge is 2.30. The number of nitrogen functional groups attached to an aromatic ring is 1. The lowest BCUT2D eigenvalue weighted by Gasteiger charge is -2.31. The van der Waals surface area contributed by atoms with Crippen LogP contribution in [0.3, 0.4) is 0 Å². The molecule has 1 aliphatic heterocycles. The van der Waals surface area contributed by atoms with Crippen molar-refractivity contribution < 1.29 is 8.42 Å². The van der Waals surface area contributed by atoms with Gasteiger partial charge in [-0.1, -0.05) is 6.92 Å². The molecular weight excluding hydrogens is 262 g/mol. The number of rotatable bonds is 3. The number of primary sulfonamides is 1. The van der Waals surface area contributed by atoms with Gasteiger partial charge >= 0.3 is 0 Å². The molecular formula is C13H21N3O2S. The molecule has 1 aliphatic rings. The van der Waals surface area contributed by atoms with Crippen molar-refractivity contribution in [2.75, 3.05) is 10.6 Å².